The number of nitrogens with zero attached hydrogens (tertiary/aromatic N) is 1. The lowest BCUT2D eigenvalue weighted by Gasteiger charge is -2.28. The van der Waals surface area contributed by atoms with Crippen molar-refractivity contribution in [2.45, 2.75) is 31.5 Å². The number of pyridine rings is 1. The summed E-state index contributed by atoms with van der Waals surface area (Å²) in [5.41, 5.74) is 0.511. The third-order valence-electron chi connectivity index (χ3n) is 5.24. The Morgan fingerprint density at radius 2 is 1.93 bits per heavy atom. The molecule has 1 aliphatic heterocycles. The van der Waals surface area contributed by atoms with Gasteiger partial charge in [0.2, 0.25) is 0 Å². The van der Waals surface area contributed by atoms with Crippen molar-refractivity contribution in [1.82, 2.24) is 9.97 Å². The van der Waals surface area contributed by atoms with Gasteiger partial charge in [0.15, 0.2) is 11.5 Å². The van der Waals surface area contributed by atoms with Gasteiger partial charge < -0.3 is 25.1 Å². The van der Waals surface area contributed by atoms with E-state index in [1.165, 1.54) is 0 Å². The molecule has 0 spiro atoms. The number of halogens is 3. The van der Waals surface area contributed by atoms with E-state index in [0.29, 0.717) is 41.9 Å². The third-order valence-corrected chi connectivity index (χ3v) is 5.24. The molecule has 3 N–H and O–H groups in total. The SMILES string of the molecule is FC(F)(F)c1c[nH]c2nc(Nc3cccc4c3OCCO4)cc(NC3CCC3)c12. The summed E-state index contributed by atoms with van der Waals surface area (Å²) in [6.07, 6.45) is -0.543. The van der Waals surface area contributed by atoms with Crippen LogP contribution in [0.1, 0.15) is 24.8 Å². The van der Waals surface area contributed by atoms with Crippen LogP contribution in [0.3, 0.4) is 0 Å². The molecule has 0 amide bonds. The lowest BCUT2D eigenvalue weighted by molar-refractivity contribution is -0.136. The second-order valence-corrected chi connectivity index (χ2v) is 7.21. The van der Waals surface area contributed by atoms with Gasteiger partial charge in [-0.1, -0.05) is 6.07 Å². The quantitative estimate of drug-likeness (QED) is 0.567. The number of ether oxygens (including phenoxy) is 2. The fourth-order valence-corrected chi connectivity index (χ4v) is 3.62. The molecule has 0 radical (unpaired) electrons. The highest BCUT2D eigenvalue weighted by atomic mass is 19.4. The zero-order chi connectivity index (χ0) is 20.0. The van der Waals surface area contributed by atoms with Gasteiger partial charge in [-0.15, -0.1) is 0 Å². The molecule has 2 aliphatic rings. The van der Waals surface area contributed by atoms with Gasteiger partial charge in [0.05, 0.1) is 16.6 Å². The van der Waals surface area contributed by atoms with E-state index in [2.05, 4.69) is 20.6 Å². The molecule has 1 aliphatic carbocycles. The Bertz CT molecular complexity index is 1060. The normalized spacial score (nSPS) is 16.5. The molecule has 29 heavy (non-hydrogen) atoms. The van der Waals surface area contributed by atoms with Crippen molar-refractivity contribution in [3.8, 4) is 11.5 Å². The van der Waals surface area contributed by atoms with Crippen LogP contribution < -0.4 is 20.1 Å². The van der Waals surface area contributed by atoms with Gasteiger partial charge in [0.1, 0.15) is 24.7 Å². The van der Waals surface area contributed by atoms with Crippen LogP contribution in [0.25, 0.3) is 11.0 Å². The first-order valence-electron chi connectivity index (χ1n) is 9.50. The Balaban J connectivity index is 1.57. The van der Waals surface area contributed by atoms with Gasteiger partial charge in [0.25, 0.3) is 0 Å². The largest absolute Gasteiger partial charge is 0.486 e. The standard InChI is InChI=1S/C20H19F3N4O2/c21-20(22,23)12-10-24-19-17(12)14(25-11-3-1-4-11)9-16(27-19)26-13-5-2-6-15-18(13)29-8-7-28-15/h2,5-6,9-11H,1,3-4,7-8H2,(H3,24,25,26,27). The highest BCUT2D eigenvalue weighted by Crippen LogP contribution is 2.42. The van der Waals surface area contributed by atoms with Crippen LogP contribution in [0.15, 0.2) is 30.5 Å². The summed E-state index contributed by atoms with van der Waals surface area (Å²) >= 11 is 0. The molecule has 2 aromatic heterocycles. The fourth-order valence-electron chi connectivity index (χ4n) is 3.62. The van der Waals surface area contributed by atoms with E-state index in [1.54, 1.807) is 12.1 Å². The zero-order valence-corrected chi connectivity index (χ0v) is 15.4. The van der Waals surface area contributed by atoms with Crippen molar-refractivity contribution in [2.24, 2.45) is 0 Å². The van der Waals surface area contributed by atoms with Crippen molar-refractivity contribution < 1.29 is 22.6 Å². The van der Waals surface area contributed by atoms with Gasteiger partial charge in [-0.05, 0) is 31.4 Å². The van der Waals surface area contributed by atoms with E-state index in [-0.39, 0.29) is 17.1 Å². The molecule has 0 bridgehead atoms. The second kappa shape index (κ2) is 6.75. The van der Waals surface area contributed by atoms with Crippen molar-refractivity contribution in [1.29, 1.82) is 0 Å². The van der Waals surface area contributed by atoms with Crippen molar-refractivity contribution in [2.75, 3.05) is 23.8 Å². The minimum absolute atomic E-state index is 0.0598. The molecule has 0 unspecified atom stereocenters. The predicted molar refractivity (Wildman–Crippen MR) is 103 cm³/mol. The number of hydrogen-bond donors (Lipinski definition) is 3. The Morgan fingerprint density at radius 3 is 2.69 bits per heavy atom. The number of H-pyrrole nitrogens is 1. The maximum Gasteiger partial charge on any atom is 0.418 e. The summed E-state index contributed by atoms with van der Waals surface area (Å²) in [7, 11) is 0. The Morgan fingerprint density at radius 1 is 1.10 bits per heavy atom. The maximum atomic E-state index is 13.5. The topological polar surface area (TPSA) is 71.2 Å². The number of para-hydroxylation sites is 1. The molecule has 0 atom stereocenters. The van der Waals surface area contributed by atoms with E-state index in [1.807, 2.05) is 12.1 Å². The first kappa shape index (κ1) is 18.0. The fraction of sp³-hybridized carbons (Fsp3) is 0.350. The molecule has 1 aromatic carbocycles. The smallest absolute Gasteiger partial charge is 0.418 e. The number of rotatable bonds is 4. The Labute approximate surface area is 164 Å². The van der Waals surface area contributed by atoms with E-state index in [9.17, 15) is 13.2 Å². The van der Waals surface area contributed by atoms with Gasteiger partial charge in [-0.25, -0.2) is 4.98 Å². The molecule has 1 fully saturated rings. The Hall–Kier alpha value is -3.10. The number of benzene rings is 1. The minimum atomic E-state index is -4.46. The molecule has 1 saturated carbocycles. The molecule has 3 aromatic rings. The van der Waals surface area contributed by atoms with Crippen LogP contribution in [0.5, 0.6) is 11.5 Å². The van der Waals surface area contributed by atoms with Crippen LogP contribution in [0, 0.1) is 0 Å². The molecular weight excluding hydrogens is 385 g/mol. The lowest BCUT2D eigenvalue weighted by atomic mass is 9.93. The molecular formula is C20H19F3N4O2. The highest BCUT2D eigenvalue weighted by Gasteiger charge is 2.35. The number of fused-ring (bicyclic) bond motifs is 2. The monoisotopic (exact) mass is 404 g/mol. The first-order chi connectivity index (χ1) is 14.0. The summed E-state index contributed by atoms with van der Waals surface area (Å²) in [5, 5.41) is 6.48. The summed E-state index contributed by atoms with van der Waals surface area (Å²) < 4.78 is 51.7. The number of nitrogens with one attached hydrogen (secondary N) is 3. The number of aromatic amines is 1. The Kier molecular flexibility index (Phi) is 4.18. The summed E-state index contributed by atoms with van der Waals surface area (Å²) in [6, 6.07) is 7.23. The second-order valence-electron chi connectivity index (χ2n) is 7.21. The van der Waals surface area contributed by atoms with Gasteiger partial charge >= 0.3 is 6.18 Å². The maximum absolute atomic E-state index is 13.5. The molecule has 152 valence electrons. The van der Waals surface area contributed by atoms with E-state index >= 15 is 0 Å². The minimum Gasteiger partial charge on any atom is -0.486 e. The zero-order valence-electron chi connectivity index (χ0n) is 15.4. The first-order valence-corrected chi connectivity index (χ1v) is 9.50. The summed E-state index contributed by atoms with van der Waals surface area (Å²) in [5.74, 6) is 1.60. The molecule has 5 rings (SSSR count). The van der Waals surface area contributed by atoms with Crippen LogP contribution in [0.4, 0.5) is 30.4 Å². The molecule has 6 nitrogen and oxygen atoms in total. The molecule has 9 heteroatoms. The van der Waals surface area contributed by atoms with Crippen molar-refractivity contribution >= 4 is 28.2 Å². The third kappa shape index (κ3) is 3.30. The van der Waals surface area contributed by atoms with E-state index < -0.39 is 11.7 Å². The summed E-state index contributed by atoms with van der Waals surface area (Å²) in [6.45, 7) is 0.900. The van der Waals surface area contributed by atoms with Crippen LogP contribution in [-0.2, 0) is 6.18 Å². The molecule has 0 saturated heterocycles. The number of alkyl halides is 3. The van der Waals surface area contributed by atoms with Crippen molar-refractivity contribution in [3.05, 3.63) is 36.0 Å². The van der Waals surface area contributed by atoms with Crippen LogP contribution in [-0.4, -0.2) is 29.2 Å². The van der Waals surface area contributed by atoms with Crippen LogP contribution in [0.2, 0.25) is 0 Å². The van der Waals surface area contributed by atoms with Crippen molar-refractivity contribution in [3.63, 3.8) is 0 Å². The van der Waals surface area contributed by atoms with E-state index in [4.69, 9.17) is 9.47 Å². The van der Waals surface area contributed by atoms with Crippen LogP contribution >= 0.6 is 0 Å². The lowest BCUT2D eigenvalue weighted by Crippen LogP contribution is -2.27. The van der Waals surface area contributed by atoms with Gasteiger partial charge in [-0.3, -0.25) is 0 Å². The average Bonchev–Trinajstić information content (AvgIpc) is 3.09. The number of anilines is 3. The van der Waals surface area contributed by atoms with Gasteiger partial charge in [0, 0.05) is 24.0 Å². The number of hydrogen-bond acceptors (Lipinski definition) is 5. The number of aromatic nitrogens is 2. The predicted octanol–water partition coefficient (Wildman–Crippen LogP) is 5.06. The molecule has 3 heterocycles. The average molecular weight is 404 g/mol. The highest BCUT2D eigenvalue weighted by molar-refractivity contribution is 5.95. The van der Waals surface area contributed by atoms with E-state index in [0.717, 1.165) is 25.5 Å². The summed E-state index contributed by atoms with van der Waals surface area (Å²) in [4.78, 5) is 7.03. The van der Waals surface area contributed by atoms with Gasteiger partial charge in [-0.2, -0.15) is 13.2 Å².